The topological polar surface area (TPSA) is 59.4 Å². The number of hydrogen-bond acceptors (Lipinski definition) is 3. The molecule has 2 unspecified atom stereocenters. The molecule has 3 N–H and O–H groups in total. The number of furan rings is 1. The fourth-order valence-corrected chi connectivity index (χ4v) is 1.00. The second-order valence-electron chi connectivity index (χ2n) is 3.15. The third-order valence-electron chi connectivity index (χ3n) is 2.03. The molecular weight excluding hydrogens is 154 g/mol. The number of nitrogens with two attached hydrogens (primary N) is 1. The van der Waals surface area contributed by atoms with Crippen LogP contribution in [0.5, 0.6) is 0 Å². The maximum Gasteiger partial charge on any atom is 0.123 e. The fraction of sp³-hybridized carbons (Fsp3) is 0.556. The lowest BCUT2D eigenvalue weighted by Crippen LogP contribution is -2.22. The van der Waals surface area contributed by atoms with Crippen molar-refractivity contribution in [3.63, 3.8) is 0 Å². The number of hydrogen-bond donors (Lipinski definition) is 2. The van der Waals surface area contributed by atoms with E-state index in [0.717, 1.165) is 11.3 Å². The summed E-state index contributed by atoms with van der Waals surface area (Å²) in [6.07, 6.45) is -0.574. The smallest absolute Gasteiger partial charge is 0.123 e. The average molecular weight is 169 g/mol. The standard InChI is InChI=1S/C9H15NO2/c1-5-4-8(12-7(5)3)9(10)6(2)11/h4,6,9,11H,10H2,1-3H3. The molecule has 0 radical (unpaired) electrons. The van der Waals surface area contributed by atoms with Gasteiger partial charge in [0, 0.05) is 0 Å². The van der Waals surface area contributed by atoms with Crippen LogP contribution in [0.4, 0.5) is 0 Å². The van der Waals surface area contributed by atoms with Gasteiger partial charge in [-0.25, -0.2) is 0 Å². The van der Waals surface area contributed by atoms with Crippen LogP contribution in [0.25, 0.3) is 0 Å². The van der Waals surface area contributed by atoms with E-state index in [2.05, 4.69) is 0 Å². The zero-order chi connectivity index (χ0) is 9.30. The summed E-state index contributed by atoms with van der Waals surface area (Å²) in [5.41, 5.74) is 6.75. The highest BCUT2D eigenvalue weighted by Gasteiger charge is 2.16. The van der Waals surface area contributed by atoms with Crippen molar-refractivity contribution in [1.82, 2.24) is 0 Å². The van der Waals surface area contributed by atoms with E-state index < -0.39 is 12.1 Å². The number of rotatable bonds is 2. The van der Waals surface area contributed by atoms with Gasteiger partial charge in [0.05, 0.1) is 12.1 Å². The van der Waals surface area contributed by atoms with Crippen molar-refractivity contribution in [2.45, 2.75) is 32.9 Å². The summed E-state index contributed by atoms with van der Waals surface area (Å²) in [4.78, 5) is 0. The average Bonchev–Trinajstić information content (AvgIpc) is 2.30. The molecule has 1 aromatic heterocycles. The SMILES string of the molecule is Cc1cc(C(N)C(C)O)oc1C. The van der Waals surface area contributed by atoms with Crippen molar-refractivity contribution < 1.29 is 9.52 Å². The molecule has 0 saturated heterocycles. The minimum atomic E-state index is -0.574. The first kappa shape index (κ1) is 9.29. The van der Waals surface area contributed by atoms with E-state index in [4.69, 9.17) is 10.2 Å². The van der Waals surface area contributed by atoms with Crippen LogP contribution in [0.3, 0.4) is 0 Å². The van der Waals surface area contributed by atoms with Gasteiger partial charge in [-0.3, -0.25) is 0 Å². The number of aliphatic hydroxyl groups is 1. The van der Waals surface area contributed by atoms with Crippen LogP contribution in [-0.4, -0.2) is 11.2 Å². The summed E-state index contributed by atoms with van der Waals surface area (Å²) in [6, 6.07) is 1.45. The Kier molecular flexibility index (Phi) is 2.55. The van der Waals surface area contributed by atoms with E-state index >= 15 is 0 Å². The van der Waals surface area contributed by atoms with E-state index in [1.54, 1.807) is 6.92 Å². The highest BCUT2D eigenvalue weighted by molar-refractivity contribution is 5.21. The van der Waals surface area contributed by atoms with Crippen molar-refractivity contribution >= 4 is 0 Å². The Morgan fingerprint density at radius 1 is 1.50 bits per heavy atom. The van der Waals surface area contributed by atoms with Crippen LogP contribution in [0.15, 0.2) is 10.5 Å². The van der Waals surface area contributed by atoms with Crippen molar-refractivity contribution in [2.75, 3.05) is 0 Å². The van der Waals surface area contributed by atoms with Gasteiger partial charge in [0.25, 0.3) is 0 Å². The van der Waals surface area contributed by atoms with Gasteiger partial charge >= 0.3 is 0 Å². The quantitative estimate of drug-likeness (QED) is 0.701. The molecule has 3 heteroatoms. The first-order valence-corrected chi connectivity index (χ1v) is 4.03. The van der Waals surface area contributed by atoms with Crippen LogP contribution in [-0.2, 0) is 0 Å². The molecule has 2 atom stereocenters. The Bertz CT molecular complexity index is 246. The first-order valence-electron chi connectivity index (χ1n) is 4.03. The maximum atomic E-state index is 9.19. The third-order valence-corrected chi connectivity index (χ3v) is 2.03. The lowest BCUT2D eigenvalue weighted by molar-refractivity contribution is 0.153. The minimum Gasteiger partial charge on any atom is -0.464 e. The van der Waals surface area contributed by atoms with E-state index in [1.807, 2.05) is 19.9 Å². The molecule has 68 valence electrons. The fourth-order valence-electron chi connectivity index (χ4n) is 1.00. The van der Waals surface area contributed by atoms with Gasteiger partial charge in [0.1, 0.15) is 11.5 Å². The Labute approximate surface area is 72.2 Å². The molecule has 3 nitrogen and oxygen atoms in total. The van der Waals surface area contributed by atoms with Gasteiger partial charge in [-0.05, 0) is 32.4 Å². The molecule has 0 amide bonds. The molecule has 12 heavy (non-hydrogen) atoms. The molecule has 1 aromatic rings. The predicted molar refractivity (Wildman–Crippen MR) is 46.8 cm³/mol. The molecular formula is C9H15NO2. The molecule has 0 spiro atoms. The van der Waals surface area contributed by atoms with E-state index in [0.29, 0.717) is 5.76 Å². The molecule has 0 bridgehead atoms. The summed E-state index contributed by atoms with van der Waals surface area (Å²) < 4.78 is 5.35. The van der Waals surface area contributed by atoms with Gasteiger partial charge in [-0.2, -0.15) is 0 Å². The highest BCUT2D eigenvalue weighted by Crippen LogP contribution is 2.20. The van der Waals surface area contributed by atoms with Crippen LogP contribution < -0.4 is 5.73 Å². The lowest BCUT2D eigenvalue weighted by atomic mass is 10.1. The first-order chi connectivity index (χ1) is 5.52. The van der Waals surface area contributed by atoms with Crippen molar-refractivity contribution in [3.05, 3.63) is 23.2 Å². The number of aryl methyl sites for hydroxylation is 2. The third kappa shape index (κ3) is 1.68. The maximum absolute atomic E-state index is 9.19. The van der Waals surface area contributed by atoms with Crippen molar-refractivity contribution in [1.29, 1.82) is 0 Å². The van der Waals surface area contributed by atoms with E-state index in [9.17, 15) is 5.11 Å². The Balaban J connectivity index is 2.89. The second-order valence-corrected chi connectivity index (χ2v) is 3.15. The van der Waals surface area contributed by atoms with Gasteiger partial charge < -0.3 is 15.3 Å². The molecule has 1 rings (SSSR count). The van der Waals surface area contributed by atoms with Gasteiger partial charge in [0.2, 0.25) is 0 Å². The molecule has 0 fully saturated rings. The Morgan fingerprint density at radius 2 is 2.08 bits per heavy atom. The van der Waals surface area contributed by atoms with Crippen LogP contribution in [0.2, 0.25) is 0 Å². The molecule has 0 aliphatic carbocycles. The summed E-state index contributed by atoms with van der Waals surface area (Å²) in [7, 11) is 0. The Hall–Kier alpha value is -0.800. The molecule has 0 aliphatic rings. The summed E-state index contributed by atoms with van der Waals surface area (Å²) in [6.45, 7) is 5.49. The zero-order valence-corrected chi connectivity index (χ0v) is 7.66. The molecule has 0 aromatic carbocycles. The van der Waals surface area contributed by atoms with Crippen LogP contribution >= 0.6 is 0 Å². The summed E-state index contributed by atoms with van der Waals surface area (Å²) in [5, 5.41) is 9.19. The van der Waals surface area contributed by atoms with E-state index in [-0.39, 0.29) is 0 Å². The summed E-state index contributed by atoms with van der Waals surface area (Å²) >= 11 is 0. The normalized spacial score (nSPS) is 16.1. The van der Waals surface area contributed by atoms with Gasteiger partial charge in [-0.15, -0.1) is 0 Å². The van der Waals surface area contributed by atoms with Crippen LogP contribution in [0, 0.1) is 13.8 Å². The monoisotopic (exact) mass is 169 g/mol. The highest BCUT2D eigenvalue weighted by atomic mass is 16.3. The second kappa shape index (κ2) is 3.29. The van der Waals surface area contributed by atoms with Gasteiger partial charge in [-0.1, -0.05) is 0 Å². The van der Waals surface area contributed by atoms with Crippen LogP contribution in [0.1, 0.15) is 30.0 Å². The zero-order valence-electron chi connectivity index (χ0n) is 7.66. The molecule has 0 saturated carbocycles. The molecule has 1 heterocycles. The summed E-state index contributed by atoms with van der Waals surface area (Å²) in [5.74, 6) is 1.51. The largest absolute Gasteiger partial charge is 0.464 e. The Morgan fingerprint density at radius 3 is 2.42 bits per heavy atom. The number of aliphatic hydroxyl groups excluding tert-OH is 1. The predicted octanol–water partition coefficient (Wildman–Crippen LogP) is 1.28. The van der Waals surface area contributed by atoms with Crippen molar-refractivity contribution in [2.24, 2.45) is 5.73 Å². The lowest BCUT2D eigenvalue weighted by Gasteiger charge is -2.10. The van der Waals surface area contributed by atoms with E-state index in [1.165, 1.54) is 0 Å². The van der Waals surface area contributed by atoms with Crippen molar-refractivity contribution in [3.8, 4) is 0 Å². The molecule has 0 aliphatic heterocycles. The van der Waals surface area contributed by atoms with Gasteiger partial charge in [0.15, 0.2) is 0 Å². The minimum absolute atomic E-state index is 0.419.